The van der Waals surface area contributed by atoms with Gasteiger partial charge >= 0.3 is 0 Å². The van der Waals surface area contributed by atoms with E-state index in [9.17, 15) is 14.4 Å². The van der Waals surface area contributed by atoms with Crippen molar-refractivity contribution in [3.05, 3.63) is 66.2 Å². The molecular formula is C25H28Cl2N4O3. The Morgan fingerprint density at radius 1 is 1.00 bits per heavy atom. The number of rotatable bonds is 6. The maximum atomic E-state index is 13.8. The molecule has 0 unspecified atom stereocenters. The normalized spacial score (nSPS) is 17.5. The first kappa shape index (κ1) is 24.4. The number of carbonyl (C=O) groups is 3. The van der Waals surface area contributed by atoms with Crippen molar-refractivity contribution in [3.8, 4) is 0 Å². The van der Waals surface area contributed by atoms with E-state index in [2.05, 4.69) is 4.90 Å². The van der Waals surface area contributed by atoms with Gasteiger partial charge in [-0.1, -0.05) is 71.7 Å². The summed E-state index contributed by atoms with van der Waals surface area (Å²) in [5.41, 5.74) is 1.13. The zero-order valence-corrected chi connectivity index (χ0v) is 20.6. The van der Waals surface area contributed by atoms with Gasteiger partial charge in [0.1, 0.15) is 12.1 Å². The third-order valence-electron chi connectivity index (χ3n) is 6.69. The molecule has 3 amide bonds. The van der Waals surface area contributed by atoms with Crippen LogP contribution >= 0.6 is 23.2 Å². The molecule has 0 aromatic heterocycles. The van der Waals surface area contributed by atoms with Crippen LogP contribution in [0.3, 0.4) is 0 Å². The summed E-state index contributed by atoms with van der Waals surface area (Å²) in [7, 11) is 1.75. The van der Waals surface area contributed by atoms with Gasteiger partial charge in [-0.25, -0.2) is 0 Å². The second kappa shape index (κ2) is 10.2. The first-order valence-corrected chi connectivity index (χ1v) is 12.2. The van der Waals surface area contributed by atoms with Gasteiger partial charge in [-0.3, -0.25) is 14.4 Å². The van der Waals surface area contributed by atoms with Gasteiger partial charge in [0.25, 0.3) is 11.8 Å². The summed E-state index contributed by atoms with van der Waals surface area (Å²) >= 11 is 11.6. The van der Waals surface area contributed by atoms with Gasteiger partial charge in [-0.2, -0.15) is 0 Å². The van der Waals surface area contributed by atoms with Crippen molar-refractivity contribution < 1.29 is 14.4 Å². The number of likely N-dealkylation sites (N-methyl/N-ethyl adjacent to an activating group) is 1. The molecule has 0 radical (unpaired) electrons. The van der Waals surface area contributed by atoms with E-state index in [1.54, 1.807) is 21.7 Å². The molecule has 4 rings (SSSR count). The SMILES string of the molecule is CN(Cc1ccccc1)C(=O)CN1CN(c2ccccc2)C2(CCN(C(=O)C(Cl)Cl)CC2)C1=O. The number of carbonyl (C=O) groups excluding carboxylic acids is 3. The van der Waals surface area contributed by atoms with Crippen molar-refractivity contribution in [1.29, 1.82) is 0 Å². The number of alkyl halides is 2. The molecule has 2 aromatic rings. The molecule has 7 nitrogen and oxygen atoms in total. The quantitative estimate of drug-likeness (QED) is 0.569. The smallest absolute Gasteiger partial charge is 0.255 e. The van der Waals surface area contributed by atoms with E-state index in [-0.39, 0.29) is 24.3 Å². The number of hydrogen-bond acceptors (Lipinski definition) is 4. The second-order valence-electron chi connectivity index (χ2n) is 8.80. The molecule has 180 valence electrons. The molecule has 1 spiro atoms. The van der Waals surface area contributed by atoms with Crippen LogP contribution in [0, 0.1) is 0 Å². The van der Waals surface area contributed by atoms with Crippen LogP contribution < -0.4 is 4.90 Å². The van der Waals surface area contributed by atoms with Gasteiger partial charge in [0.05, 0.1) is 6.67 Å². The molecule has 0 atom stereocenters. The Morgan fingerprint density at radius 2 is 1.59 bits per heavy atom. The van der Waals surface area contributed by atoms with Gasteiger partial charge in [-0.05, 0) is 30.5 Å². The van der Waals surface area contributed by atoms with E-state index >= 15 is 0 Å². The largest absolute Gasteiger partial charge is 0.340 e. The molecule has 0 bridgehead atoms. The molecule has 2 aliphatic heterocycles. The van der Waals surface area contributed by atoms with Crippen molar-refractivity contribution >= 4 is 46.6 Å². The summed E-state index contributed by atoms with van der Waals surface area (Å²) in [6.45, 7) is 1.54. The lowest BCUT2D eigenvalue weighted by Gasteiger charge is -2.43. The van der Waals surface area contributed by atoms with Crippen molar-refractivity contribution in [2.45, 2.75) is 29.8 Å². The third kappa shape index (κ3) is 4.86. The zero-order valence-electron chi connectivity index (χ0n) is 19.1. The second-order valence-corrected chi connectivity index (χ2v) is 9.90. The van der Waals surface area contributed by atoms with Crippen molar-refractivity contribution in [1.82, 2.24) is 14.7 Å². The molecule has 34 heavy (non-hydrogen) atoms. The van der Waals surface area contributed by atoms with E-state index in [0.29, 0.717) is 39.1 Å². The van der Waals surface area contributed by atoms with Crippen LogP contribution in [0.2, 0.25) is 0 Å². The number of hydrogen-bond donors (Lipinski definition) is 0. The Bertz CT molecular complexity index is 1030. The average Bonchev–Trinajstić information content (AvgIpc) is 3.11. The van der Waals surface area contributed by atoms with E-state index in [1.165, 1.54) is 0 Å². The fourth-order valence-electron chi connectivity index (χ4n) is 4.79. The summed E-state index contributed by atoms with van der Waals surface area (Å²) in [4.78, 5) is 44.9. The maximum Gasteiger partial charge on any atom is 0.255 e. The van der Waals surface area contributed by atoms with Gasteiger partial charge < -0.3 is 19.6 Å². The minimum Gasteiger partial charge on any atom is -0.340 e. The molecule has 2 heterocycles. The highest BCUT2D eigenvalue weighted by Crippen LogP contribution is 2.39. The van der Waals surface area contributed by atoms with Crippen LogP contribution in [0.25, 0.3) is 0 Å². The number of amides is 3. The predicted molar refractivity (Wildman–Crippen MR) is 132 cm³/mol. The van der Waals surface area contributed by atoms with Crippen LogP contribution in [0.5, 0.6) is 0 Å². The molecule has 9 heteroatoms. The first-order chi connectivity index (χ1) is 16.3. The lowest BCUT2D eigenvalue weighted by atomic mass is 9.85. The standard InChI is InChI=1S/C25H28Cl2N4O3/c1-28(16-19-8-4-2-5-9-19)21(32)17-30-18-31(20-10-6-3-7-11-20)25(24(30)34)12-14-29(15-13-25)23(33)22(26)27/h2-11,22H,12-18H2,1H3. The van der Waals surface area contributed by atoms with Gasteiger partial charge in [0.15, 0.2) is 4.84 Å². The predicted octanol–water partition coefficient (Wildman–Crippen LogP) is 3.12. The van der Waals surface area contributed by atoms with Crippen LogP contribution in [-0.2, 0) is 20.9 Å². The highest BCUT2D eigenvalue weighted by Gasteiger charge is 2.54. The number of likely N-dealkylation sites (tertiary alicyclic amines) is 1. The maximum absolute atomic E-state index is 13.8. The zero-order chi connectivity index (χ0) is 24.3. The molecule has 2 aromatic carbocycles. The van der Waals surface area contributed by atoms with Crippen molar-refractivity contribution in [3.63, 3.8) is 0 Å². The minimum atomic E-state index is -1.12. The Labute approximate surface area is 209 Å². The minimum absolute atomic E-state index is 0.00132. The Balaban J connectivity index is 1.51. The van der Waals surface area contributed by atoms with Crippen molar-refractivity contribution in [2.75, 3.05) is 38.3 Å². The van der Waals surface area contributed by atoms with Crippen LogP contribution in [0.15, 0.2) is 60.7 Å². The van der Waals surface area contributed by atoms with Crippen LogP contribution in [0.4, 0.5) is 5.69 Å². The fourth-order valence-corrected chi connectivity index (χ4v) is 5.06. The first-order valence-electron chi connectivity index (χ1n) is 11.3. The van der Waals surface area contributed by atoms with E-state index in [1.807, 2.05) is 60.7 Å². The van der Waals surface area contributed by atoms with Crippen LogP contribution in [0.1, 0.15) is 18.4 Å². The Hall–Kier alpha value is -2.77. The number of anilines is 1. The summed E-state index contributed by atoms with van der Waals surface area (Å²) in [5.74, 6) is -0.551. The Kier molecular flexibility index (Phi) is 7.33. The topological polar surface area (TPSA) is 64.2 Å². The number of para-hydroxylation sites is 1. The summed E-state index contributed by atoms with van der Waals surface area (Å²) in [6.07, 6.45) is 0.884. The number of piperidine rings is 1. The summed E-state index contributed by atoms with van der Waals surface area (Å²) in [6, 6.07) is 19.5. The van der Waals surface area contributed by atoms with Gasteiger partial charge in [0, 0.05) is 32.4 Å². The fraction of sp³-hybridized carbons (Fsp3) is 0.400. The lowest BCUT2D eigenvalue weighted by Crippen LogP contribution is -2.58. The van der Waals surface area contributed by atoms with E-state index < -0.39 is 10.4 Å². The molecule has 2 fully saturated rings. The monoisotopic (exact) mass is 502 g/mol. The third-order valence-corrected chi connectivity index (χ3v) is 7.06. The van der Waals surface area contributed by atoms with Crippen LogP contribution in [-0.4, -0.2) is 76.1 Å². The number of halogens is 2. The molecular weight excluding hydrogens is 475 g/mol. The van der Waals surface area contributed by atoms with E-state index in [4.69, 9.17) is 23.2 Å². The molecule has 0 N–H and O–H groups in total. The molecule has 2 saturated heterocycles. The Morgan fingerprint density at radius 3 is 2.18 bits per heavy atom. The molecule has 2 aliphatic rings. The number of benzene rings is 2. The van der Waals surface area contributed by atoms with Gasteiger partial charge in [-0.15, -0.1) is 0 Å². The van der Waals surface area contributed by atoms with Crippen molar-refractivity contribution in [2.24, 2.45) is 0 Å². The highest BCUT2D eigenvalue weighted by atomic mass is 35.5. The molecule has 0 saturated carbocycles. The molecule has 0 aliphatic carbocycles. The highest BCUT2D eigenvalue weighted by molar-refractivity contribution is 6.53. The average molecular weight is 503 g/mol. The number of nitrogens with zero attached hydrogens (tertiary/aromatic N) is 4. The van der Waals surface area contributed by atoms with E-state index in [0.717, 1.165) is 11.3 Å². The lowest BCUT2D eigenvalue weighted by molar-refractivity contribution is -0.141. The van der Waals surface area contributed by atoms with Gasteiger partial charge in [0.2, 0.25) is 5.91 Å². The summed E-state index contributed by atoms with van der Waals surface area (Å²) < 4.78 is 0. The summed E-state index contributed by atoms with van der Waals surface area (Å²) in [5, 5.41) is 0.